The summed E-state index contributed by atoms with van der Waals surface area (Å²) in [5.41, 5.74) is 1.16. The van der Waals surface area contributed by atoms with Gasteiger partial charge in [0.15, 0.2) is 4.47 Å². The van der Waals surface area contributed by atoms with Gasteiger partial charge in [-0.2, -0.15) is 0 Å². The lowest BCUT2D eigenvalue weighted by atomic mass is 10.3. The highest BCUT2D eigenvalue weighted by atomic mass is 35.5. The van der Waals surface area contributed by atoms with Crippen LogP contribution >= 0.6 is 34.5 Å². The Morgan fingerprint density at radius 3 is 2.62 bits per heavy atom. The van der Waals surface area contributed by atoms with Gasteiger partial charge in [0.25, 0.3) is 10.0 Å². The van der Waals surface area contributed by atoms with Gasteiger partial charge in [-0.05, 0) is 30.3 Å². The number of fused-ring (bicyclic) bond motifs is 1. The van der Waals surface area contributed by atoms with Crippen molar-refractivity contribution in [3.63, 3.8) is 0 Å². The summed E-state index contributed by atoms with van der Waals surface area (Å²) < 4.78 is 28.4. The van der Waals surface area contributed by atoms with Gasteiger partial charge < -0.3 is 0 Å². The van der Waals surface area contributed by atoms with Crippen LogP contribution < -0.4 is 4.72 Å². The molecule has 21 heavy (non-hydrogen) atoms. The topological polar surface area (TPSA) is 59.1 Å². The van der Waals surface area contributed by atoms with Crippen LogP contribution in [0, 0.1) is 0 Å². The summed E-state index contributed by atoms with van der Waals surface area (Å²) in [6.45, 7) is 0. The summed E-state index contributed by atoms with van der Waals surface area (Å²) in [6.07, 6.45) is 0. The van der Waals surface area contributed by atoms with Crippen molar-refractivity contribution in [3.8, 4) is 0 Å². The average Bonchev–Trinajstić information content (AvgIpc) is 2.78. The highest BCUT2D eigenvalue weighted by Crippen LogP contribution is 2.29. The molecule has 1 aromatic heterocycles. The summed E-state index contributed by atoms with van der Waals surface area (Å²) in [5.74, 6) is 0. The summed E-state index contributed by atoms with van der Waals surface area (Å²) in [4.78, 5) is 4.14. The normalized spacial score (nSPS) is 11.7. The molecule has 0 bridgehead atoms. The molecule has 1 N–H and O–H groups in total. The third kappa shape index (κ3) is 2.98. The Labute approximate surface area is 135 Å². The molecule has 108 valence electrons. The molecule has 3 aromatic rings. The SMILES string of the molecule is O=S(=O)(Nc1ccc2nc(Cl)sc2c1)c1ccccc1Cl. The van der Waals surface area contributed by atoms with E-state index >= 15 is 0 Å². The van der Waals surface area contributed by atoms with Crippen molar-refractivity contribution in [2.45, 2.75) is 4.90 Å². The summed E-state index contributed by atoms with van der Waals surface area (Å²) in [6, 6.07) is 11.3. The molecular weight excluding hydrogens is 351 g/mol. The highest BCUT2D eigenvalue weighted by molar-refractivity contribution is 7.92. The number of halogens is 2. The number of anilines is 1. The molecule has 1 heterocycles. The Bertz CT molecular complexity index is 923. The number of nitrogens with zero attached hydrogens (tertiary/aromatic N) is 1. The number of hydrogen-bond acceptors (Lipinski definition) is 4. The van der Waals surface area contributed by atoms with Crippen LogP contribution in [0.2, 0.25) is 9.49 Å². The monoisotopic (exact) mass is 358 g/mol. The minimum Gasteiger partial charge on any atom is -0.280 e. The third-order valence-electron chi connectivity index (χ3n) is 2.74. The van der Waals surface area contributed by atoms with Gasteiger partial charge >= 0.3 is 0 Å². The fraction of sp³-hybridized carbons (Fsp3) is 0. The Hall–Kier alpha value is -1.34. The first-order valence-corrected chi connectivity index (χ1v) is 8.85. The molecular formula is C13H8Cl2N2O2S2. The van der Waals surface area contributed by atoms with E-state index in [2.05, 4.69) is 9.71 Å². The quantitative estimate of drug-likeness (QED) is 0.754. The molecule has 0 amide bonds. The van der Waals surface area contributed by atoms with Crippen molar-refractivity contribution < 1.29 is 8.42 Å². The highest BCUT2D eigenvalue weighted by Gasteiger charge is 2.17. The first-order chi connectivity index (χ1) is 9.95. The predicted octanol–water partition coefficient (Wildman–Crippen LogP) is 4.40. The Morgan fingerprint density at radius 1 is 1.10 bits per heavy atom. The van der Waals surface area contributed by atoms with Crippen molar-refractivity contribution in [1.82, 2.24) is 4.98 Å². The zero-order chi connectivity index (χ0) is 15.0. The maximum absolute atomic E-state index is 12.3. The molecule has 8 heteroatoms. The standard InChI is InChI=1S/C13H8Cl2N2O2S2/c14-9-3-1-2-4-12(9)21(18,19)17-8-5-6-10-11(7-8)20-13(15)16-10/h1-7,17H. The molecule has 0 radical (unpaired) electrons. The largest absolute Gasteiger partial charge is 0.280 e. The van der Waals surface area contributed by atoms with E-state index in [-0.39, 0.29) is 9.92 Å². The van der Waals surface area contributed by atoms with Gasteiger partial charge in [-0.3, -0.25) is 4.72 Å². The van der Waals surface area contributed by atoms with Crippen LogP contribution in [0.3, 0.4) is 0 Å². The first-order valence-electron chi connectivity index (χ1n) is 5.79. The smallest absolute Gasteiger partial charge is 0.263 e. The van der Waals surface area contributed by atoms with Crippen molar-refractivity contribution >= 4 is 60.5 Å². The molecule has 0 aliphatic carbocycles. The van der Waals surface area contributed by atoms with E-state index in [0.29, 0.717) is 10.2 Å². The van der Waals surface area contributed by atoms with Crippen LogP contribution in [0.4, 0.5) is 5.69 Å². The van der Waals surface area contributed by atoms with E-state index in [9.17, 15) is 8.42 Å². The Morgan fingerprint density at radius 2 is 1.86 bits per heavy atom. The van der Waals surface area contributed by atoms with Gasteiger partial charge in [0.05, 0.1) is 20.9 Å². The Kier molecular flexibility index (Phi) is 3.79. The fourth-order valence-corrected chi connectivity index (χ4v) is 4.47. The molecule has 0 saturated heterocycles. The van der Waals surface area contributed by atoms with Gasteiger partial charge in [0.2, 0.25) is 0 Å². The van der Waals surface area contributed by atoms with E-state index in [0.717, 1.165) is 10.2 Å². The molecule has 2 aromatic carbocycles. The van der Waals surface area contributed by atoms with Crippen LogP contribution in [-0.4, -0.2) is 13.4 Å². The number of nitrogens with one attached hydrogen (secondary N) is 1. The zero-order valence-electron chi connectivity index (χ0n) is 10.4. The number of aromatic nitrogens is 1. The summed E-state index contributed by atoms with van der Waals surface area (Å²) >= 11 is 13.1. The molecule has 0 fully saturated rings. The molecule has 0 saturated carbocycles. The second-order valence-corrected chi connectivity index (χ2v) is 7.86. The fourth-order valence-electron chi connectivity index (χ4n) is 1.83. The van der Waals surface area contributed by atoms with Crippen molar-refractivity contribution in [1.29, 1.82) is 0 Å². The van der Waals surface area contributed by atoms with E-state index in [1.165, 1.54) is 23.5 Å². The van der Waals surface area contributed by atoms with Crippen LogP contribution in [0.25, 0.3) is 10.2 Å². The van der Waals surface area contributed by atoms with Crippen LogP contribution in [0.15, 0.2) is 47.4 Å². The number of sulfonamides is 1. The van der Waals surface area contributed by atoms with Gasteiger partial charge in [-0.25, -0.2) is 13.4 Å². The number of hydrogen-bond donors (Lipinski definition) is 1. The van der Waals surface area contributed by atoms with Crippen LogP contribution in [-0.2, 0) is 10.0 Å². The van der Waals surface area contributed by atoms with Gasteiger partial charge in [-0.15, -0.1) is 11.3 Å². The number of rotatable bonds is 3. The maximum atomic E-state index is 12.3. The van der Waals surface area contributed by atoms with Gasteiger partial charge in [0.1, 0.15) is 4.90 Å². The lowest BCUT2D eigenvalue weighted by Gasteiger charge is -2.09. The molecule has 4 nitrogen and oxygen atoms in total. The summed E-state index contributed by atoms with van der Waals surface area (Å²) in [5, 5.41) is 0.173. The maximum Gasteiger partial charge on any atom is 0.263 e. The molecule has 0 aliphatic rings. The predicted molar refractivity (Wildman–Crippen MR) is 86.9 cm³/mol. The van der Waals surface area contributed by atoms with Gasteiger partial charge in [0, 0.05) is 0 Å². The molecule has 0 atom stereocenters. The first kappa shape index (κ1) is 14.6. The van der Waals surface area contributed by atoms with E-state index in [1.807, 2.05) is 0 Å². The number of benzene rings is 2. The minimum absolute atomic E-state index is 0.0362. The van der Waals surface area contributed by atoms with Crippen LogP contribution in [0.5, 0.6) is 0 Å². The third-order valence-corrected chi connectivity index (χ3v) is 5.74. The molecule has 0 unspecified atom stereocenters. The van der Waals surface area contributed by atoms with E-state index < -0.39 is 10.0 Å². The van der Waals surface area contributed by atoms with E-state index in [1.54, 1.807) is 30.3 Å². The van der Waals surface area contributed by atoms with Crippen molar-refractivity contribution in [2.24, 2.45) is 0 Å². The number of thiazole rings is 1. The van der Waals surface area contributed by atoms with Crippen molar-refractivity contribution in [2.75, 3.05) is 4.72 Å². The second-order valence-electron chi connectivity index (χ2n) is 4.19. The molecule has 3 rings (SSSR count). The van der Waals surface area contributed by atoms with Gasteiger partial charge in [-0.1, -0.05) is 35.3 Å². The molecule has 0 spiro atoms. The lowest BCUT2D eigenvalue weighted by molar-refractivity contribution is 0.601. The van der Waals surface area contributed by atoms with E-state index in [4.69, 9.17) is 23.2 Å². The Balaban J connectivity index is 1.99. The second kappa shape index (κ2) is 5.46. The molecule has 0 aliphatic heterocycles. The lowest BCUT2D eigenvalue weighted by Crippen LogP contribution is -2.13. The zero-order valence-corrected chi connectivity index (χ0v) is 13.5. The van der Waals surface area contributed by atoms with Crippen LogP contribution in [0.1, 0.15) is 0 Å². The summed E-state index contributed by atoms with van der Waals surface area (Å²) in [7, 11) is -3.74. The van der Waals surface area contributed by atoms with Crippen molar-refractivity contribution in [3.05, 3.63) is 52.0 Å². The average molecular weight is 359 g/mol. The minimum atomic E-state index is -3.74.